The Morgan fingerprint density at radius 1 is 1.16 bits per heavy atom. The lowest BCUT2D eigenvalue weighted by Gasteiger charge is -2.09. The molecule has 0 aliphatic heterocycles. The van der Waals surface area contributed by atoms with Gasteiger partial charge in [0, 0.05) is 25.4 Å². The second kappa shape index (κ2) is 5.21. The smallest absolute Gasteiger partial charge is 0.357 e. The highest BCUT2D eigenvalue weighted by Crippen LogP contribution is 2.28. The van der Waals surface area contributed by atoms with Gasteiger partial charge >= 0.3 is 6.18 Å². The summed E-state index contributed by atoms with van der Waals surface area (Å²) >= 11 is 0. The van der Waals surface area contributed by atoms with Crippen molar-refractivity contribution in [2.75, 3.05) is 12.4 Å². The van der Waals surface area contributed by atoms with Crippen LogP contribution < -0.4 is 5.32 Å². The van der Waals surface area contributed by atoms with Crippen LogP contribution in [0.1, 0.15) is 17.1 Å². The number of pyridine rings is 1. The number of halogens is 3. The van der Waals surface area contributed by atoms with E-state index in [1.807, 2.05) is 0 Å². The first-order valence-electron chi connectivity index (χ1n) is 5.52. The molecule has 0 saturated carbocycles. The zero-order chi connectivity index (χ0) is 13.9. The van der Waals surface area contributed by atoms with Gasteiger partial charge in [0.1, 0.15) is 5.69 Å². The quantitative estimate of drug-likeness (QED) is 0.929. The Labute approximate surface area is 107 Å². The van der Waals surface area contributed by atoms with Gasteiger partial charge in [-0.1, -0.05) is 6.07 Å². The van der Waals surface area contributed by atoms with Gasteiger partial charge in [-0.05, 0) is 18.2 Å². The largest absolute Gasteiger partial charge is 0.433 e. The Morgan fingerprint density at radius 3 is 2.53 bits per heavy atom. The Morgan fingerprint density at radius 2 is 1.95 bits per heavy atom. The molecule has 0 bridgehead atoms. The van der Waals surface area contributed by atoms with Crippen LogP contribution in [0.3, 0.4) is 0 Å². The lowest BCUT2D eigenvalue weighted by molar-refractivity contribution is -0.141. The van der Waals surface area contributed by atoms with Crippen LogP contribution in [0.25, 0.3) is 0 Å². The highest BCUT2D eigenvalue weighted by atomic mass is 19.4. The summed E-state index contributed by atoms with van der Waals surface area (Å²) in [6.07, 6.45) is -2.69. The molecule has 1 N–H and O–H groups in total. The Hall–Kier alpha value is -2.18. The summed E-state index contributed by atoms with van der Waals surface area (Å²) < 4.78 is 38.1. The lowest BCUT2D eigenvalue weighted by atomic mass is 10.2. The zero-order valence-electron chi connectivity index (χ0n) is 10.1. The molecule has 100 valence electrons. The molecule has 0 unspecified atom stereocenters. The number of rotatable bonds is 3. The van der Waals surface area contributed by atoms with E-state index in [0.717, 1.165) is 6.07 Å². The molecule has 2 aromatic heterocycles. The van der Waals surface area contributed by atoms with Crippen LogP contribution in [-0.4, -0.2) is 22.0 Å². The van der Waals surface area contributed by atoms with Gasteiger partial charge in [0.05, 0.1) is 5.69 Å². The summed E-state index contributed by atoms with van der Waals surface area (Å²) in [7, 11) is 1.47. The number of alkyl halides is 3. The van der Waals surface area contributed by atoms with E-state index in [9.17, 15) is 13.2 Å². The fourth-order valence-electron chi connectivity index (χ4n) is 1.53. The first-order valence-corrected chi connectivity index (χ1v) is 5.52. The van der Waals surface area contributed by atoms with Gasteiger partial charge in [-0.15, -0.1) is 0 Å². The van der Waals surface area contributed by atoms with E-state index in [1.165, 1.54) is 7.05 Å². The number of hydrogen-bond acceptors (Lipinski definition) is 4. The minimum absolute atomic E-state index is 0.0549. The minimum Gasteiger partial charge on any atom is -0.357 e. The van der Waals surface area contributed by atoms with Gasteiger partial charge in [-0.2, -0.15) is 13.2 Å². The molecule has 0 saturated heterocycles. The maximum absolute atomic E-state index is 12.7. The van der Waals surface area contributed by atoms with Crippen LogP contribution >= 0.6 is 0 Å². The van der Waals surface area contributed by atoms with Crippen molar-refractivity contribution in [3.8, 4) is 0 Å². The molecule has 19 heavy (non-hydrogen) atoms. The Bertz CT molecular complexity index is 555. The fourth-order valence-corrected chi connectivity index (χ4v) is 1.53. The molecule has 2 aromatic rings. The molecular formula is C12H11F3N4. The number of aromatic nitrogens is 3. The standard InChI is InChI=1S/C12H11F3N4/c1-16-11-18-9(6-8-4-2-3-5-17-8)7-10(19-11)12(13,14)15/h2-5,7H,6H2,1H3,(H,16,18,19). The third-order valence-corrected chi connectivity index (χ3v) is 2.38. The summed E-state index contributed by atoms with van der Waals surface area (Å²) in [5, 5.41) is 2.52. The van der Waals surface area contributed by atoms with Gasteiger partial charge in [0.15, 0.2) is 0 Å². The van der Waals surface area contributed by atoms with Crippen LogP contribution in [0.2, 0.25) is 0 Å². The molecule has 7 heteroatoms. The van der Waals surface area contributed by atoms with E-state index in [-0.39, 0.29) is 18.1 Å². The monoisotopic (exact) mass is 268 g/mol. The molecule has 0 amide bonds. The number of nitrogens with one attached hydrogen (secondary N) is 1. The first-order chi connectivity index (χ1) is 8.99. The predicted octanol–water partition coefficient (Wildman–Crippen LogP) is 2.52. The molecular weight excluding hydrogens is 257 g/mol. The van der Waals surface area contributed by atoms with Crippen LogP contribution in [0.5, 0.6) is 0 Å². The van der Waals surface area contributed by atoms with Gasteiger partial charge in [0.2, 0.25) is 5.95 Å². The molecule has 0 atom stereocenters. The van der Waals surface area contributed by atoms with E-state index in [0.29, 0.717) is 5.69 Å². The van der Waals surface area contributed by atoms with E-state index >= 15 is 0 Å². The SMILES string of the molecule is CNc1nc(Cc2ccccn2)cc(C(F)(F)F)n1. The Balaban J connectivity index is 2.35. The third-order valence-electron chi connectivity index (χ3n) is 2.38. The van der Waals surface area contributed by atoms with Crippen molar-refractivity contribution in [1.29, 1.82) is 0 Å². The maximum atomic E-state index is 12.7. The third kappa shape index (κ3) is 3.40. The van der Waals surface area contributed by atoms with Crippen molar-refractivity contribution in [2.24, 2.45) is 0 Å². The minimum atomic E-state index is -4.49. The van der Waals surface area contributed by atoms with E-state index in [1.54, 1.807) is 24.4 Å². The number of nitrogens with zero attached hydrogens (tertiary/aromatic N) is 3. The van der Waals surface area contributed by atoms with Crippen LogP contribution in [0.15, 0.2) is 30.5 Å². The lowest BCUT2D eigenvalue weighted by Crippen LogP contribution is -2.12. The summed E-state index contributed by atoms with van der Waals surface area (Å²) in [5.74, 6) is -0.0549. The van der Waals surface area contributed by atoms with Gasteiger partial charge in [-0.3, -0.25) is 4.98 Å². The van der Waals surface area contributed by atoms with Gasteiger partial charge in [-0.25, -0.2) is 9.97 Å². The van der Waals surface area contributed by atoms with Gasteiger partial charge in [0.25, 0.3) is 0 Å². The van der Waals surface area contributed by atoms with E-state index < -0.39 is 11.9 Å². The summed E-state index contributed by atoms with van der Waals surface area (Å²) in [6, 6.07) is 6.18. The second-order valence-corrected chi connectivity index (χ2v) is 3.81. The molecule has 0 aliphatic rings. The van der Waals surface area contributed by atoms with E-state index in [2.05, 4.69) is 20.3 Å². The molecule has 2 heterocycles. The summed E-state index contributed by atoms with van der Waals surface area (Å²) in [5.41, 5.74) is -0.0421. The number of hydrogen-bond donors (Lipinski definition) is 1. The molecule has 0 radical (unpaired) electrons. The molecule has 2 rings (SSSR count). The van der Waals surface area contributed by atoms with Crippen LogP contribution in [-0.2, 0) is 12.6 Å². The normalized spacial score (nSPS) is 11.4. The zero-order valence-corrected chi connectivity index (χ0v) is 10.1. The topological polar surface area (TPSA) is 50.7 Å². The highest BCUT2D eigenvalue weighted by molar-refractivity contribution is 5.30. The summed E-state index contributed by atoms with van der Waals surface area (Å²) in [6.45, 7) is 0. The molecule has 0 aromatic carbocycles. The molecule has 0 fully saturated rings. The molecule has 0 aliphatic carbocycles. The maximum Gasteiger partial charge on any atom is 0.433 e. The van der Waals surface area contributed by atoms with Gasteiger partial charge < -0.3 is 5.32 Å². The average Bonchev–Trinajstić information content (AvgIpc) is 2.38. The van der Waals surface area contributed by atoms with Crippen molar-refractivity contribution in [3.05, 3.63) is 47.5 Å². The first kappa shape index (κ1) is 13.3. The number of anilines is 1. The van der Waals surface area contributed by atoms with Crippen LogP contribution in [0.4, 0.5) is 19.1 Å². The average molecular weight is 268 g/mol. The summed E-state index contributed by atoms with van der Waals surface area (Å²) in [4.78, 5) is 11.5. The molecule has 0 spiro atoms. The highest BCUT2D eigenvalue weighted by Gasteiger charge is 2.33. The van der Waals surface area contributed by atoms with Crippen molar-refractivity contribution in [3.63, 3.8) is 0 Å². The molecule has 4 nitrogen and oxygen atoms in total. The van der Waals surface area contributed by atoms with Crippen molar-refractivity contribution in [2.45, 2.75) is 12.6 Å². The van der Waals surface area contributed by atoms with Crippen molar-refractivity contribution < 1.29 is 13.2 Å². The van der Waals surface area contributed by atoms with Crippen molar-refractivity contribution >= 4 is 5.95 Å². The Kier molecular flexibility index (Phi) is 3.64. The van der Waals surface area contributed by atoms with Crippen molar-refractivity contribution in [1.82, 2.24) is 15.0 Å². The predicted molar refractivity (Wildman–Crippen MR) is 63.6 cm³/mol. The van der Waals surface area contributed by atoms with E-state index in [4.69, 9.17) is 0 Å². The second-order valence-electron chi connectivity index (χ2n) is 3.81. The fraction of sp³-hybridized carbons (Fsp3) is 0.250. The van der Waals surface area contributed by atoms with Crippen LogP contribution in [0, 0.1) is 0 Å².